The number of rotatable bonds is 1. The molecule has 0 saturated heterocycles. The molecule has 0 amide bonds. The number of H-pyrrole nitrogens is 2. The van der Waals surface area contributed by atoms with Crippen molar-refractivity contribution in [2.45, 2.75) is 0 Å². The first-order valence-corrected chi connectivity index (χ1v) is 3.33. The summed E-state index contributed by atoms with van der Waals surface area (Å²) < 4.78 is 0. The lowest BCUT2D eigenvalue weighted by Gasteiger charge is -1.83. The molecule has 0 bridgehead atoms. The Hall–Kier alpha value is -1.91. The second-order valence-electron chi connectivity index (χ2n) is 2.33. The first kappa shape index (κ1) is 6.78. The van der Waals surface area contributed by atoms with Gasteiger partial charge in [0, 0.05) is 0 Å². The van der Waals surface area contributed by atoms with Crippen LogP contribution in [0.1, 0.15) is 10.5 Å². The van der Waals surface area contributed by atoms with Gasteiger partial charge in [-0.3, -0.25) is 9.59 Å². The smallest absolute Gasteiger partial charge is 0.275 e. The SMILES string of the molecule is O=Cc1cc2nc[nH]c(=O)c2[nH]1. The summed E-state index contributed by atoms with van der Waals surface area (Å²) in [6.45, 7) is 0. The standard InChI is InChI=1S/C7H5N3O2/c11-2-4-1-5-6(10-4)7(12)9-3-8-5/h1-3,10H,(H,8,9,12). The first-order chi connectivity index (χ1) is 5.81. The third-order valence-electron chi connectivity index (χ3n) is 1.57. The molecule has 5 nitrogen and oxygen atoms in total. The Bertz CT molecular complexity index is 483. The number of nitrogens with one attached hydrogen (secondary N) is 2. The molecule has 0 unspecified atom stereocenters. The Balaban J connectivity index is 2.92. The van der Waals surface area contributed by atoms with E-state index in [1.165, 1.54) is 12.4 Å². The molecule has 0 atom stereocenters. The van der Waals surface area contributed by atoms with E-state index >= 15 is 0 Å². The van der Waals surface area contributed by atoms with Gasteiger partial charge in [0.1, 0.15) is 5.52 Å². The van der Waals surface area contributed by atoms with Gasteiger partial charge in [0.15, 0.2) is 6.29 Å². The van der Waals surface area contributed by atoms with E-state index in [1.54, 1.807) is 0 Å². The maximum absolute atomic E-state index is 11.1. The van der Waals surface area contributed by atoms with Crippen molar-refractivity contribution in [3.8, 4) is 0 Å². The highest BCUT2D eigenvalue weighted by molar-refractivity contribution is 5.84. The summed E-state index contributed by atoms with van der Waals surface area (Å²) in [5.74, 6) is 0. The average Bonchev–Trinajstić information content (AvgIpc) is 2.49. The highest BCUT2D eigenvalue weighted by Gasteiger charge is 2.02. The summed E-state index contributed by atoms with van der Waals surface area (Å²) in [5, 5.41) is 0. The Morgan fingerprint density at radius 1 is 1.50 bits per heavy atom. The summed E-state index contributed by atoms with van der Waals surface area (Å²) in [5.41, 5.74) is 0.919. The molecule has 60 valence electrons. The normalized spacial score (nSPS) is 10.3. The van der Waals surface area contributed by atoms with Crippen molar-refractivity contribution in [2.75, 3.05) is 0 Å². The molecule has 12 heavy (non-hydrogen) atoms. The first-order valence-electron chi connectivity index (χ1n) is 3.33. The minimum atomic E-state index is -0.270. The number of hydrogen-bond acceptors (Lipinski definition) is 3. The van der Waals surface area contributed by atoms with E-state index in [9.17, 15) is 9.59 Å². The zero-order chi connectivity index (χ0) is 8.55. The van der Waals surface area contributed by atoms with Gasteiger partial charge in [0.2, 0.25) is 0 Å². The van der Waals surface area contributed by atoms with E-state index in [4.69, 9.17) is 0 Å². The number of nitrogens with zero attached hydrogens (tertiary/aromatic N) is 1. The van der Waals surface area contributed by atoms with Crippen molar-refractivity contribution in [2.24, 2.45) is 0 Å². The number of aromatic amines is 2. The zero-order valence-electron chi connectivity index (χ0n) is 6.00. The minimum Gasteiger partial charge on any atom is -0.347 e. The molecule has 2 N–H and O–H groups in total. The predicted octanol–water partition coefficient (Wildman–Crippen LogP) is 0.0637. The fourth-order valence-electron chi connectivity index (χ4n) is 1.03. The number of carbonyl (C=O) groups excluding carboxylic acids is 1. The van der Waals surface area contributed by atoms with Crippen molar-refractivity contribution >= 4 is 17.3 Å². The molecule has 2 rings (SSSR count). The minimum absolute atomic E-state index is 0.270. The van der Waals surface area contributed by atoms with Crippen molar-refractivity contribution in [3.63, 3.8) is 0 Å². The van der Waals surface area contributed by atoms with E-state index < -0.39 is 0 Å². The highest BCUT2D eigenvalue weighted by Crippen LogP contribution is 2.04. The van der Waals surface area contributed by atoms with Crippen LogP contribution in [0.25, 0.3) is 11.0 Å². The third kappa shape index (κ3) is 0.833. The van der Waals surface area contributed by atoms with Crippen LogP contribution in [0.15, 0.2) is 17.2 Å². The van der Waals surface area contributed by atoms with Crippen LogP contribution < -0.4 is 5.56 Å². The van der Waals surface area contributed by atoms with Gasteiger partial charge in [0.25, 0.3) is 5.56 Å². The van der Waals surface area contributed by atoms with Gasteiger partial charge in [-0.05, 0) is 6.07 Å². The molecule has 0 aliphatic rings. The van der Waals surface area contributed by atoms with E-state index in [0.29, 0.717) is 23.0 Å². The second kappa shape index (κ2) is 2.30. The number of fused-ring (bicyclic) bond motifs is 1. The van der Waals surface area contributed by atoms with Crippen LogP contribution in [-0.2, 0) is 0 Å². The lowest BCUT2D eigenvalue weighted by Crippen LogP contribution is -2.05. The van der Waals surface area contributed by atoms with Crippen LogP contribution in [0.4, 0.5) is 0 Å². The van der Waals surface area contributed by atoms with E-state index in [-0.39, 0.29) is 5.56 Å². The molecule has 0 aliphatic carbocycles. The molecule has 0 aliphatic heterocycles. The summed E-state index contributed by atoms with van der Waals surface area (Å²) in [6.07, 6.45) is 1.94. The fraction of sp³-hybridized carbons (Fsp3) is 0. The van der Waals surface area contributed by atoms with Crippen LogP contribution in [0.3, 0.4) is 0 Å². The van der Waals surface area contributed by atoms with Gasteiger partial charge < -0.3 is 9.97 Å². The van der Waals surface area contributed by atoms with Gasteiger partial charge in [-0.25, -0.2) is 4.98 Å². The highest BCUT2D eigenvalue weighted by atomic mass is 16.1. The molecule has 5 heteroatoms. The quantitative estimate of drug-likeness (QED) is 0.583. The fourth-order valence-corrected chi connectivity index (χ4v) is 1.03. The molecular formula is C7H5N3O2. The number of aromatic nitrogens is 3. The molecule has 0 saturated carbocycles. The Morgan fingerprint density at radius 3 is 3.00 bits per heavy atom. The molecule has 2 aromatic heterocycles. The summed E-state index contributed by atoms with van der Waals surface area (Å²) in [7, 11) is 0. The van der Waals surface area contributed by atoms with Crippen LogP contribution in [0, 0.1) is 0 Å². The number of carbonyl (C=O) groups is 1. The maximum atomic E-state index is 11.1. The van der Waals surface area contributed by atoms with Crippen molar-refractivity contribution in [1.29, 1.82) is 0 Å². The lowest BCUT2D eigenvalue weighted by molar-refractivity contribution is 0.112. The molecule has 2 heterocycles. The molecule has 0 aromatic carbocycles. The van der Waals surface area contributed by atoms with Gasteiger partial charge in [-0.15, -0.1) is 0 Å². The van der Waals surface area contributed by atoms with E-state index in [2.05, 4.69) is 15.0 Å². The van der Waals surface area contributed by atoms with E-state index in [0.717, 1.165) is 0 Å². The molecule has 0 radical (unpaired) electrons. The van der Waals surface area contributed by atoms with Crippen LogP contribution in [-0.4, -0.2) is 21.2 Å². The van der Waals surface area contributed by atoms with Gasteiger partial charge in [0.05, 0.1) is 17.5 Å². The monoisotopic (exact) mass is 163 g/mol. The topological polar surface area (TPSA) is 78.6 Å². The van der Waals surface area contributed by atoms with Gasteiger partial charge >= 0.3 is 0 Å². The largest absolute Gasteiger partial charge is 0.347 e. The number of hydrogen-bond donors (Lipinski definition) is 2. The maximum Gasteiger partial charge on any atom is 0.275 e. The second-order valence-corrected chi connectivity index (χ2v) is 2.33. The third-order valence-corrected chi connectivity index (χ3v) is 1.57. The molecule has 2 aromatic rings. The van der Waals surface area contributed by atoms with Crippen LogP contribution in [0.2, 0.25) is 0 Å². The van der Waals surface area contributed by atoms with Crippen LogP contribution in [0.5, 0.6) is 0 Å². The van der Waals surface area contributed by atoms with Crippen molar-refractivity contribution < 1.29 is 4.79 Å². The average molecular weight is 163 g/mol. The van der Waals surface area contributed by atoms with Crippen LogP contribution >= 0.6 is 0 Å². The van der Waals surface area contributed by atoms with E-state index in [1.807, 2.05) is 0 Å². The molecule has 0 fully saturated rings. The lowest BCUT2D eigenvalue weighted by atomic mass is 10.4. The van der Waals surface area contributed by atoms with Gasteiger partial charge in [-0.2, -0.15) is 0 Å². The van der Waals surface area contributed by atoms with Gasteiger partial charge in [-0.1, -0.05) is 0 Å². The predicted molar refractivity (Wildman–Crippen MR) is 42.1 cm³/mol. The van der Waals surface area contributed by atoms with Crippen molar-refractivity contribution in [1.82, 2.24) is 15.0 Å². The Morgan fingerprint density at radius 2 is 2.33 bits per heavy atom. The summed E-state index contributed by atoms with van der Waals surface area (Å²) in [4.78, 5) is 30.3. The number of aldehydes is 1. The Kier molecular flexibility index (Phi) is 1.30. The Labute approximate surface area is 66.4 Å². The zero-order valence-corrected chi connectivity index (χ0v) is 6.00. The molecule has 0 spiro atoms. The summed E-state index contributed by atoms with van der Waals surface area (Å²) in [6, 6.07) is 1.53. The summed E-state index contributed by atoms with van der Waals surface area (Å²) >= 11 is 0. The molecular weight excluding hydrogens is 158 g/mol. The van der Waals surface area contributed by atoms with Crippen molar-refractivity contribution in [3.05, 3.63) is 28.4 Å².